The van der Waals surface area contributed by atoms with Crippen LogP contribution in [0.25, 0.3) is 11.2 Å². The van der Waals surface area contributed by atoms with Gasteiger partial charge in [0, 0.05) is 19.1 Å². The fourth-order valence-corrected chi connectivity index (χ4v) is 2.75. The van der Waals surface area contributed by atoms with E-state index in [0.717, 1.165) is 25.9 Å². The first-order valence-electron chi connectivity index (χ1n) is 7.11. The third kappa shape index (κ3) is 3.02. The van der Waals surface area contributed by atoms with E-state index >= 15 is 0 Å². The number of aliphatic hydroxyl groups excluding tert-OH is 1. The van der Waals surface area contributed by atoms with Crippen LogP contribution in [0.4, 0.5) is 11.6 Å². The average Bonchev–Trinajstić information content (AvgIpc) is 3.01. The van der Waals surface area contributed by atoms with Gasteiger partial charge in [0.15, 0.2) is 28.0 Å². The molecule has 3 heterocycles. The van der Waals surface area contributed by atoms with Crippen LogP contribution in [-0.2, 0) is 0 Å². The maximum atomic E-state index is 9.12. The zero-order valence-electron chi connectivity index (χ0n) is 12.1. The molecule has 1 aliphatic heterocycles. The van der Waals surface area contributed by atoms with Crippen LogP contribution in [0.1, 0.15) is 19.8 Å². The Balaban J connectivity index is 2.08. The van der Waals surface area contributed by atoms with Crippen LogP contribution in [0.15, 0.2) is 0 Å². The summed E-state index contributed by atoms with van der Waals surface area (Å²) in [5.74, 6) is 1.04. The van der Waals surface area contributed by atoms with Crippen molar-refractivity contribution in [3.8, 4) is 0 Å². The molecule has 0 amide bonds. The fourth-order valence-electron chi connectivity index (χ4n) is 2.41. The highest BCUT2D eigenvalue weighted by molar-refractivity contribution is 6.32. The first-order chi connectivity index (χ1) is 10.6. The number of rotatable bonds is 4. The van der Waals surface area contributed by atoms with Crippen LogP contribution < -0.4 is 10.2 Å². The largest absolute Gasteiger partial charge is 0.394 e. The van der Waals surface area contributed by atoms with Gasteiger partial charge in [0.1, 0.15) is 0 Å². The highest BCUT2D eigenvalue weighted by Gasteiger charge is 2.21. The minimum absolute atomic E-state index is 0.0421. The molecule has 0 aromatic carbocycles. The number of aromatic nitrogens is 4. The molecular weight excluding hydrogens is 327 g/mol. The van der Waals surface area contributed by atoms with Gasteiger partial charge in [-0.15, -0.1) is 0 Å². The Morgan fingerprint density at radius 2 is 1.91 bits per heavy atom. The summed E-state index contributed by atoms with van der Waals surface area (Å²) in [6.07, 6.45) is 2.22. The molecule has 0 saturated carbocycles. The molecule has 118 valence electrons. The molecule has 1 saturated heterocycles. The number of anilines is 2. The highest BCUT2D eigenvalue weighted by Crippen LogP contribution is 2.29. The van der Waals surface area contributed by atoms with Crippen LogP contribution in [0.2, 0.25) is 10.4 Å². The monoisotopic (exact) mass is 342 g/mol. The van der Waals surface area contributed by atoms with E-state index < -0.39 is 0 Å². The Labute approximate surface area is 137 Å². The van der Waals surface area contributed by atoms with Crippen LogP contribution in [0.3, 0.4) is 0 Å². The maximum Gasteiger partial charge on any atom is 0.226 e. The van der Waals surface area contributed by atoms with Crippen LogP contribution in [-0.4, -0.2) is 50.8 Å². The fraction of sp³-hybridized carbons (Fsp3) is 0.538. The van der Waals surface area contributed by atoms with E-state index in [9.17, 15) is 0 Å². The van der Waals surface area contributed by atoms with Gasteiger partial charge in [0.25, 0.3) is 0 Å². The zero-order chi connectivity index (χ0) is 15.7. The van der Waals surface area contributed by atoms with Gasteiger partial charge in [-0.25, -0.2) is 9.97 Å². The highest BCUT2D eigenvalue weighted by atomic mass is 35.5. The summed E-state index contributed by atoms with van der Waals surface area (Å²) in [5.41, 5.74) is 0.928. The number of halogens is 2. The topological polar surface area (TPSA) is 87.1 Å². The molecule has 0 spiro atoms. The predicted octanol–water partition coefficient (Wildman–Crippen LogP) is 2.12. The second kappa shape index (κ2) is 6.36. The first-order valence-corrected chi connectivity index (χ1v) is 7.87. The molecule has 0 aliphatic carbocycles. The van der Waals surface area contributed by atoms with Crippen molar-refractivity contribution < 1.29 is 5.11 Å². The van der Waals surface area contributed by atoms with E-state index in [1.165, 1.54) is 0 Å². The molecule has 22 heavy (non-hydrogen) atoms. The Bertz CT molecular complexity index is 692. The van der Waals surface area contributed by atoms with E-state index in [4.69, 9.17) is 28.3 Å². The van der Waals surface area contributed by atoms with Crippen molar-refractivity contribution in [1.82, 2.24) is 19.9 Å². The Hall–Kier alpha value is -1.44. The lowest BCUT2D eigenvalue weighted by atomic mass is 10.3. The minimum atomic E-state index is -0.195. The minimum Gasteiger partial charge on any atom is -0.394 e. The van der Waals surface area contributed by atoms with Crippen molar-refractivity contribution >= 4 is 46.0 Å². The Kier molecular flexibility index (Phi) is 4.46. The van der Waals surface area contributed by atoms with Gasteiger partial charge in [-0.3, -0.25) is 0 Å². The van der Waals surface area contributed by atoms with Gasteiger partial charge in [0.05, 0.1) is 6.61 Å². The standard InChI is InChI=1S/C13H16Cl2N6O/c1-7(6-22)16-11-9(14)17-8-10(18-11)19-13(15)20-12(8)21-4-2-3-5-21/h7,22H,2-6H2,1H3,(H,16,18,19,20). The third-order valence-electron chi connectivity index (χ3n) is 3.51. The van der Waals surface area contributed by atoms with Crippen molar-refractivity contribution in [1.29, 1.82) is 0 Å². The lowest BCUT2D eigenvalue weighted by Crippen LogP contribution is -2.22. The molecule has 0 bridgehead atoms. The summed E-state index contributed by atoms with van der Waals surface area (Å²) in [7, 11) is 0. The van der Waals surface area contributed by atoms with E-state index in [-0.39, 0.29) is 23.1 Å². The van der Waals surface area contributed by atoms with E-state index in [1.807, 2.05) is 6.92 Å². The van der Waals surface area contributed by atoms with Gasteiger partial charge in [-0.05, 0) is 31.4 Å². The molecule has 1 unspecified atom stereocenters. The van der Waals surface area contributed by atoms with Crippen LogP contribution >= 0.6 is 23.2 Å². The normalized spacial score (nSPS) is 16.3. The molecule has 0 radical (unpaired) electrons. The van der Waals surface area contributed by atoms with Gasteiger partial charge in [-0.1, -0.05) is 11.6 Å². The SMILES string of the molecule is CC(CO)Nc1nc2nc(Cl)nc(N3CCCC3)c2nc1Cl. The lowest BCUT2D eigenvalue weighted by molar-refractivity contribution is 0.281. The average molecular weight is 343 g/mol. The molecule has 7 nitrogen and oxygen atoms in total. The molecule has 1 aliphatic rings. The van der Waals surface area contributed by atoms with Crippen molar-refractivity contribution in [2.24, 2.45) is 0 Å². The number of hydrogen-bond acceptors (Lipinski definition) is 7. The molecular formula is C13H16Cl2N6O. The second-order valence-corrected chi connectivity index (χ2v) is 5.97. The second-order valence-electron chi connectivity index (χ2n) is 5.27. The van der Waals surface area contributed by atoms with Gasteiger partial charge in [0.2, 0.25) is 5.28 Å². The number of nitrogens with one attached hydrogen (secondary N) is 1. The quantitative estimate of drug-likeness (QED) is 0.822. The first kappa shape index (κ1) is 15.5. The third-order valence-corrected chi connectivity index (χ3v) is 3.94. The predicted molar refractivity (Wildman–Crippen MR) is 86.8 cm³/mol. The molecule has 3 rings (SSSR count). The van der Waals surface area contributed by atoms with Gasteiger partial charge < -0.3 is 15.3 Å². The molecule has 9 heteroatoms. The van der Waals surface area contributed by atoms with Crippen molar-refractivity contribution in [3.05, 3.63) is 10.4 Å². The summed E-state index contributed by atoms with van der Waals surface area (Å²) in [5, 5.41) is 12.5. The zero-order valence-corrected chi connectivity index (χ0v) is 13.6. The number of aliphatic hydroxyl groups is 1. The van der Waals surface area contributed by atoms with E-state index in [0.29, 0.717) is 22.8 Å². The molecule has 2 aromatic heterocycles. The summed E-state index contributed by atoms with van der Waals surface area (Å²) < 4.78 is 0. The summed E-state index contributed by atoms with van der Waals surface area (Å²) in [6, 6.07) is -0.195. The number of hydrogen-bond donors (Lipinski definition) is 2. The van der Waals surface area contributed by atoms with E-state index in [2.05, 4.69) is 30.2 Å². The van der Waals surface area contributed by atoms with Crippen molar-refractivity contribution in [2.45, 2.75) is 25.8 Å². The van der Waals surface area contributed by atoms with Gasteiger partial charge in [-0.2, -0.15) is 9.97 Å². The van der Waals surface area contributed by atoms with Crippen molar-refractivity contribution in [2.75, 3.05) is 29.9 Å². The summed E-state index contributed by atoms with van der Waals surface area (Å²) >= 11 is 12.2. The van der Waals surface area contributed by atoms with Crippen molar-refractivity contribution in [3.63, 3.8) is 0 Å². The maximum absolute atomic E-state index is 9.12. The number of nitrogens with zero attached hydrogens (tertiary/aromatic N) is 5. The molecule has 2 aromatic rings. The van der Waals surface area contributed by atoms with E-state index in [1.54, 1.807) is 0 Å². The summed E-state index contributed by atoms with van der Waals surface area (Å²) in [6.45, 7) is 3.58. The number of fused-ring (bicyclic) bond motifs is 1. The Morgan fingerprint density at radius 1 is 1.18 bits per heavy atom. The molecule has 2 N–H and O–H groups in total. The Morgan fingerprint density at radius 3 is 2.59 bits per heavy atom. The smallest absolute Gasteiger partial charge is 0.226 e. The van der Waals surface area contributed by atoms with Crippen LogP contribution in [0, 0.1) is 0 Å². The van der Waals surface area contributed by atoms with Gasteiger partial charge >= 0.3 is 0 Å². The lowest BCUT2D eigenvalue weighted by Gasteiger charge is -2.18. The molecule has 1 fully saturated rings. The summed E-state index contributed by atoms with van der Waals surface area (Å²) in [4.78, 5) is 19.3. The molecule has 1 atom stereocenters. The van der Waals surface area contributed by atoms with Crippen LogP contribution in [0.5, 0.6) is 0 Å².